The predicted molar refractivity (Wildman–Crippen MR) is 62.9 cm³/mol. The molecule has 0 saturated carbocycles. The Kier molecular flexibility index (Phi) is 6.93. The van der Waals surface area contributed by atoms with E-state index in [9.17, 15) is 33.5 Å². The lowest BCUT2D eigenvalue weighted by molar-refractivity contribution is -0.251. The summed E-state index contributed by atoms with van der Waals surface area (Å²) in [5.74, 6) is 0. The number of phosphoric ester groups is 2. The van der Waals surface area contributed by atoms with E-state index in [0.29, 0.717) is 7.11 Å². The van der Waals surface area contributed by atoms with Crippen LogP contribution in [0.4, 0.5) is 0 Å². The summed E-state index contributed by atoms with van der Waals surface area (Å²) in [5, 5.41) is 9.50. The van der Waals surface area contributed by atoms with E-state index in [1.165, 1.54) is 0 Å². The molecule has 1 aliphatic rings. The first-order valence-electron chi connectivity index (χ1n) is 5.75. The van der Waals surface area contributed by atoms with Gasteiger partial charge in [-0.15, -0.1) is 0 Å². The van der Waals surface area contributed by atoms with E-state index in [1.54, 1.807) is 6.92 Å². The average molecular weight is 383 g/mol. The summed E-state index contributed by atoms with van der Waals surface area (Å²) in [6.07, 6.45) is -2.09. The molecule has 1 heterocycles. The Labute approximate surface area is 125 Å². The Morgan fingerprint density at radius 1 is 1.14 bits per heavy atom. The molecule has 1 saturated heterocycles. The zero-order chi connectivity index (χ0) is 17.2. The van der Waals surface area contributed by atoms with Gasteiger partial charge in [-0.25, -0.2) is 8.62 Å². The summed E-state index contributed by atoms with van der Waals surface area (Å²) in [5.41, 5.74) is 0. The van der Waals surface area contributed by atoms with E-state index >= 15 is 0 Å². The van der Waals surface area contributed by atoms with Gasteiger partial charge in [0.2, 0.25) is 0 Å². The Morgan fingerprint density at radius 2 is 1.68 bits per heavy atom. The summed E-state index contributed by atoms with van der Waals surface area (Å²) in [6, 6.07) is 0. The molecular formula is C7H14O12P3-3. The van der Waals surface area contributed by atoms with Crippen LogP contribution >= 0.6 is 23.5 Å². The largest absolute Gasteiger partial charge is 0.756 e. The highest BCUT2D eigenvalue weighted by Crippen LogP contribution is 2.62. The lowest BCUT2D eigenvalue weighted by atomic mass is 10.1. The van der Waals surface area contributed by atoms with Gasteiger partial charge in [-0.1, -0.05) is 0 Å². The molecule has 4 unspecified atom stereocenters. The Balaban J connectivity index is 2.58. The van der Waals surface area contributed by atoms with E-state index in [2.05, 4.69) is 17.7 Å². The maximum absolute atomic E-state index is 11.3. The molecule has 12 nitrogen and oxygen atoms in total. The normalized spacial score (nSPS) is 33.8. The number of rotatable bonds is 8. The third-order valence-electron chi connectivity index (χ3n) is 2.43. The van der Waals surface area contributed by atoms with Crippen molar-refractivity contribution in [1.82, 2.24) is 0 Å². The molecule has 0 aromatic carbocycles. The van der Waals surface area contributed by atoms with Crippen molar-refractivity contribution in [2.45, 2.75) is 31.7 Å². The maximum atomic E-state index is 11.3. The van der Waals surface area contributed by atoms with Gasteiger partial charge in [0.25, 0.3) is 23.5 Å². The number of hydrogen-bond donors (Lipinski definition) is 1. The summed E-state index contributed by atoms with van der Waals surface area (Å²) in [6.45, 7) is 0.915. The van der Waals surface area contributed by atoms with Gasteiger partial charge in [0.15, 0.2) is 0 Å². The van der Waals surface area contributed by atoms with Crippen molar-refractivity contribution >= 4 is 23.5 Å². The van der Waals surface area contributed by atoms with E-state index in [-0.39, 0.29) is 12.5 Å². The summed E-state index contributed by atoms with van der Waals surface area (Å²) in [4.78, 5) is 33.3. The monoisotopic (exact) mass is 383 g/mol. The fourth-order valence-corrected chi connectivity index (χ4v) is 4.70. The van der Waals surface area contributed by atoms with Crippen molar-refractivity contribution in [3.63, 3.8) is 0 Å². The van der Waals surface area contributed by atoms with Crippen LogP contribution in [-0.4, -0.2) is 37.1 Å². The van der Waals surface area contributed by atoms with Crippen LogP contribution in [0.5, 0.6) is 0 Å². The molecular weight excluding hydrogens is 369 g/mol. The fourth-order valence-electron chi connectivity index (χ4n) is 1.57. The first kappa shape index (κ1) is 20.4. The smallest absolute Gasteiger partial charge is 0.280 e. The van der Waals surface area contributed by atoms with E-state index < -0.39 is 42.3 Å². The highest BCUT2D eigenvalue weighted by Gasteiger charge is 2.33. The summed E-state index contributed by atoms with van der Waals surface area (Å²) >= 11 is 0. The van der Waals surface area contributed by atoms with Crippen molar-refractivity contribution in [3.8, 4) is 0 Å². The highest BCUT2D eigenvalue weighted by molar-refractivity contribution is 7.65. The van der Waals surface area contributed by atoms with E-state index in [1.807, 2.05) is 0 Å². The lowest BCUT2D eigenvalue weighted by Crippen LogP contribution is -2.27. The van der Waals surface area contributed by atoms with Crippen LogP contribution in [0.25, 0.3) is 0 Å². The molecule has 0 aromatic heterocycles. The fraction of sp³-hybridized carbons (Fsp3) is 1.00. The zero-order valence-corrected chi connectivity index (χ0v) is 14.1. The first-order valence-corrected chi connectivity index (χ1v) is 10.1. The molecule has 22 heavy (non-hydrogen) atoms. The van der Waals surface area contributed by atoms with Crippen LogP contribution in [-0.2, 0) is 36.1 Å². The number of hydrogen-bond acceptors (Lipinski definition) is 12. The molecule has 15 heteroatoms. The first-order chi connectivity index (χ1) is 9.86. The SMILES string of the molecule is COP(=O)([O-])OP(=O)([O-])OP(=O)([O-])OC[C@H]1O[C@@H](C)CC1O. The van der Waals surface area contributed by atoms with Crippen molar-refractivity contribution in [2.75, 3.05) is 13.7 Å². The minimum atomic E-state index is -5.80. The summed E-state index contributed by atoms with van der Waals surface area (Å²) < 4.78 is 53.3. The molecule has 0 bridgehead atoms. The second kappa shape index (κ2) is 7.48. The molecule has 6 atom stereocenters. The van der Waals surface area contributed by atoms with Crippen LogP contribution in [0.3, 0.4) is 0 Å². The molecule has 132 valence electrons. The molecule has 0 radical (unpaired) electrons. The maximum Gasteiger partial charge on any atom is 0.280 e. The number of phosphoric acid groups is 3. The van der Waals surface area contributed by atoms with E-state index in [0.717, 1.165) is 0 Å². The van der Waals surface area contributed by atoms with Crippen LogP contribution < -0.4 is 14.7 Å². The van der Waals surface area contributed by atoms with Gasteiger partial charge in [-0.3, -0.25) is 13.7 Å². The van der Waals surface area contributed by atoms with Gasteiger partial charge in [0.05, 0.1) is 18.8 Å². The second-order valence-corrected chi connectivity index (χ2v) is 8.88. The van der Waals surface area contributed by atoms with Gasteiger partial charge in [-0.2, -0.15) is 0 Å². The van der Waals surface area contributed by atoms with Crippen LogP contribution in [0.2, 0.25) is 0 Å². The minimum Gasteiger partial charge on any atom is -0.756 e. The van der Waals surface area contributed by atoms with Crippen LogP contribution in [0.15, 0.2) is 0 Å². The van der Waals surface area contributed by atoms with Gasteiger partial charge >= 0.3 is 0 Å². The molecule has 1 aliphatic heterocycles. The molecule has 0 aromatic rings. The number of ether oxygens (including phenoxy) is 1. The quantitative estimate of drug-likeness (QED) is 0.485. The topological polar surface area (TPSA) is 187 Å². The lowest BCUT2D eigenvalue weighted by Gasteiger charge is -2.34. The zero-order valence-electron chi connectivity index (χ0n) is 11.4. The third kappa shape index (κ3) is 6.84. The van der Waals surface area contributed by atoms with Crippen molar-refractivity contribution in [2.24, 2.45) is 0 Å². The number of aliphatic hydroxyl groups is 1. The average Bonchev–Trinajstić information content (AvgIpc) is 2.62. The third-order valence-corrected chi connectivity index (χ3v) is 6.54. The Bertz CT molecular complexity index is 521. The molecule has 0 amide bonds. The summed E-state index contributed by atoms with van der Waals surface area (Å²) in [7, 11) is -15.9. The van der Waals surface area contributed by atoms with Gasteiger partial charge < -0.3 is 33.6 Å². The predicted octanol–water partition coefficient (Wildman–Crippen LogP) is -1.37. The van der Waals surface area contributed by atoms with Crippen molar-refractivity contribution < 1.29 is 55.9 Å². The van der Waals surface area contributed by atoms with Gasteiger partial charge in [-0.05, 0) is 6.92 Å². The molecule has 1 rings (SSSR count). The molecule has 0 aliphatic carbocycles. The second-order valence-electron chi connectivity index (χ2n) is 4.27. The van der Waals surface area contributed by atoms with Crippen molar-refractivity contribution in [3.05, 3.63) is 0 Å². The van der Waals surface area contributed by atoms with E-state index in [4.69, 9.17) is 4.74 Å². The van der Waals surface area contributed by atoms with Gasteiger partial charge in [0, 0.05) is 13.5 Å². The Morgan fingerprint density at radius 3 is 2.14 bits per heavy atom. The molecule has 1 fully saturated rings. The molecule has 0 spiro atoms. The van der Waals surface area contributed by atoms with Gasteiger partial charge in [0.1, 0.15) is 6.10 Å². The minimum absolute atomic E-state index is 0.244. The molecule has 1 N–H and O–H groups in total. The van der Waals surface area contributed by atoms with Crippen LogP contribution in [0.1, 0.15) is 13.3 Å². The van der Waals surface area contributed by atoms with Crippen LogP contribution in [0, 0.1) is 0 Å². The van der Waals surface area contributed by atoms with Crippen molar-refractivity contribution in [1.29, 1.82) is 0 Å². The number of aliphatic hydroxyl groups excluding tert-OH is 1. The Hall–Kier alpha value is 0.330. The standard InChI is InChI=1S/C7H17O12P3/c1-5-3-6(8)7(17-5)4-16-21(11,12)19-22(13,14)18-20(9,10)15-2/h5-8H,3-4H2,1-2H3,(H,9,10)(H,11,12)(H,13,14)/p-3/t5-,6?,7+/m0/s1. The highest BCUT2D eigenvalue weighted by atomic mass is 31.3.